The van der Waals surface area contributed by atoms with Crippen LogP contribution in [0.4, 0.5) is 28.2 Å². The average Bonchev–Trinajstić information content (AvgIpc) is 1.52. The Hall–Kier alpha value is -8.68. The quantitative estimate of drug-likeness (QED) is 0.0517. The highest BCUT2D eigenvalue weighted by Crippen LogP contribution is 2.48. The lowest BCUT2D eigenvalue weighted by molar-refractivity contribution is -0.172. The number of nitrogens with one attached hydrogen (secondary N) is 1. The van der Waals surface area contributed by atoms with E-state index in [0.717, 1.165) is 6.42 Å². The second kappa shape index (κ2) is 19.5. The number of amides is 2. The lowest BCUT2D eigenvalue weighted by atomic mass is 9.81. The van der Waals surface area contributed by atoms with E-state index in [1.54, 1.807) is 24.8 Å². The van der Waals surface area contributed by atoms with E-state index in [0.29, 0.717) is 88.6 Å². The van der Waals surface area contributed by atoms with Crippen molar-refractivity contribution in [1.29, 1.82) is 0 Å². The summed E-state index contributed by atoms with van der Waals surface area (Å²) in [6.07, 6.45) is 8.93. The molecule has 6 aliphatic heterocycles. The fourth-order valence-electron chi connectivity index (χ4n) is 14.6. The summed E-state index contributed by atoms with van der Waals surface area (Å²) in [5.74, 6) is -1.01. The number of fused-ring (bicyclic) bond motifs is 10. The van der Waals surface area contributed by atoms with Crippen LogP contribution in [0, 0.1) is 36.7 Å². The molecule has 0 radical (unpaired) electrons. The number of aromatic hydroxyl groups is 1. The summed E-state index contributed by atoms with van der Waals surface area (Å²) >= 11 is 0. The van der Waals surface area contributed by atoms with Crippen molar-refractivity contribution in [2.75, 3.05) is 44.3 Å². The number of carbonyl (C=O) groups excluding carboxylic acids is 3. The number of hydrogen-bond acceptors (Lipinski definition) is 15. The van der Waals surface area contributed by atoms with Crippen LogP contribution in [0.2, 0.25) is 0 Å². The third kappa shape index (κ3) is 8.05. The zero-order valence-corrected chi connectivity index (χ0v) is 45.8. The Balaban J connectivity index is 0.722. The molecule has 7 aromatic rings. The van der Waals surface area contributed by atoms with Crippen molar-refractivity contribution in [3.8, 4) is 46.7 Å². The van der Waals surface area contributed by atoms with Gasteiger partial charge in [0.1, 0.15) is 60.4 Å². The van der Waals surface area contributed by atoms with Crippen molar-refractivity contribution in [3.63, 3.8) is 0 Å². The molecule has 0 spiro atoms. The number of hydrogen-bond donors (Lipinski definition) is 3. The van der Waals surface area contributed by atoms with Crippen molar-refractivity contribution in [1.82, 2.24) is 39.6 Å². The molecule has 2 bridgehead atoms. The second-order valence-corrected chi connectivity index (χ2v) is 23.3. The number of esters is 1. The minimum Gasteiger partial charge on any atom is -0.508 e. The molecule has 4 fully saturated rings. The summed E-state index contributed by atoms with van der Waals surface area (Å²) < 4.78 is 82.0. The molecule has 0 saturated carbocycles. The van der Waals surface area contributed by atoms with Crippen LogP contribution in [0.5, 0.6) is 11.8 Å². The van der Waals surface area contributed by atoms with Crippen molar-refractivity contribution in [2.45, 2.75) is 114 Å². The number of ether oxygens (including phenoxy) is 3. The fourth-order valence-corrected chi connectivity index (χ4v) is 14.6. The van der Waals surface area contributed by atoms with Gasteiger partial charge in [-0.15, -0.1) is 6.42 Å². The third-order valence-corrected chi connectivity index (χ3v) is 18.7. The van der Waals surface area contributed by atoms with E-state index < -0.39 is 83.0 Å². The number of terminal acetylenes is 1. The van der Waals surface area contributed by atoms with Gasteiger partial charge in [0.25, 0.3) is 11.5 Å². The largest absolute Gasteiger partial charge is 0.508 e. The Morgan fingerprint density at radius 3 is 2.56 bits per heavy atom. The molecule has 3 aromatic carbocycles. The van der Waals surface area contributed by atoms with E-state index in [-0.39, 0.29) is 120 Å². The Labute approximate surface area is 477 Å². The predicted octanol–water partition coefficient (Wildman–Crippen LogP) is 7.76. The van der Waals surface area contributed by atoms with Gasteiger partial charge in [-0.1, -0.05) is 25.5 Å². The topological polar surface area (TPSA) is 215 Å². The summed E-state index contributed by atoms with van der Waals surface area (Å²) in [4.78, 5) is 80.0. The molecule has 2 amide bonds. The molecule has 10 heterocycles. The maximum atomic E-state index is 17.5. The van der Waals surface area contributed by atoms with E-state index in [1.165, 1.54) is 41.1 Å². The number of alkyl halides is 1. The van der Waals surface area contributed by atoms with Crippen molar-refractivity contribution < 1.29 is 56.4 Å². The first-order valence-electron chi connectivity index (χ1n) is 28.2. The van der Waals surface area contributed by atoms with Crippen LogP contribution in [0.25, 0.3) is 55.2 Å². The van der Waals surface area contributed by atoms with Gasteiger partial charge in [-0.05, 0) is 105 Å². The molecule has 22 heteroatoms. The minimum atomic E-state index is -2.07. The normalized spacial score (nSPS) is 23.8. The SMILES string of the molecule is C#Cc1c(F)ccc2cc(O)cc(-c3ncc4c(N5CC6CCC(C5)N6C(=O)C(=C)COC(=O)N[C@H]5CCc6c(C)c(F)cc7nc8c(c5c67)Cn5c-8cc6c(c5=O)COC(=O)[C@]6(O)CC)nc(OC[C@@]56CCCN5C[C@H](F)C6)nc4c3F)c12. The standard InChI is InChI=1S/C62H55F4N9O9/c1-5-36-43(64)12-8-31-16-35(76)17-38(48(31)36)53-51(66)54-39(21-67-53)55(71-59(70-54)84-28-61-14-7-15-73(61)22-32(63)20-61)72-23-33-9-10-34(24-72)75(33)56(77)29(3)26-83-60(80)69-45-13-11-37-30(4)44(65)19-46-49(37)50(45)40-25-74-47(52(40)68-46)18-42-41(57(74)78)27-82-58(79)62(42,81)6-2/h1,8,12,16-19,21,32-34,45,76,81H,3,6-7,9-11,13-15,20,22-28H2,2,4H3,(H,69,80)/t32-,33?,34?,45+,61+,62+/m1/s1. The van der Waals surface area contributed by atoms with Gasteiger partial charge in [0.2, 0.25) is 0 Å². The van der Waals surface area contributed by atoms with Gasteiger partial charge in [0.15, 0.2) is 11.4 Å². The van der Waals surface area contributed by atoms with Crippen molar-refractivity contribution in [3.05, 3.63) is 121 Å². The van der Waals surface area contributed by atoms with E-state index in [4.69, 9.17) is 30.6 Å². The number of cyclic esters (lactones) is 1. The number of alkyl carbamates (subject to hydrolysis) is 1. The summed E-state index contributed by atoms with van der Waals surface area (Å²) in [7, 11) is 0. The molecule has 4 aromatic heterocycles. The van der Waals surface area contributed by atoms with Crippen molar-refractivity contribution >= 4 is 56.4 Å². The van der Waals surface area contributed by atoms with Gasteiger partial charge in [-0.25, -0.2) is 32.1 Å². The zero-order valence-electron chi connectivity index (χ0n) is 45.8. The van der Waals surface area contributed by atoms with Gasteiger partial charge in [-0.3, -0.25) is 19.5 Å². The molecular weight excluding hydrogens is 1090 g/mol. The second-order valence-electron chi connectivity index (χ2n) is 23.3. The number of halogens is 4. The Bertz CT molecular complexity index is 4210. The van der Waals surface area contributed by atoms with Crippen LogP contribution in [0.1, 0.15) is 96.9 Å². The first-order valence-corrected chi connectivity index (χ1v) is 28.2. The number of pyridine rings is 3. The number of benzene rings is 3. The number of phenolic OH excluding ortho intramolecular Hbond substituents is 1. The molecule has 3 N–H and O–H groups in total. The highest BCUT2D eigenvalue weighted by Gasteiger charge is 2.51. The smallest absolute Gasteiger partial charge is 0.407 e. The lowest BCUT2D eigenvalue weighted by Crippen LogP contribution is -2.56. The van der Waals surface area contributed by atoms with Crippen molar-refractivity contribution in [2.24, 2.45) is 0 Å². The summed E-state index contributed by atoms with van der Waals surface area (Å²) in [5.41, 5.74) is -0.0813. The predicted molar refractivity (Wildman–Crippen MR) is 298 cm³/mol. The lowest BCUT2D eigenvalue weighted by Gasteiger charge is -2.42. The van der Waals surface area contributed by atoms with Crippen LogP contribution in [-0.4, -0.2) is 126 Å². The maximum Gasteiger partial charge on any atom is 0.407 e. The maximum absolute atomic E-state index is 17.5. The van der Waals surface area contributed by atoms with E-state index >= 15 is 13.2 Å². The highest BCUT2D eigenvalue weighted by atomic mass is 19.1. The zero-order chi connectivity index (χ0) is 58.4. The van der Waals surface area contributed by atoms with Gasteiger partial charge in [0.05, 0.1) is 63.6 Å². The van der Waals surface area contributed by atoms with E-state index in [2.05, 4.69) is 32.7 Å². The molecule has 1 aliphatic carbocycles. The molecule has 7 aliphatic rings. The Morgan fingerprint density at radius 2 is 1.79 bits per heavy atom. The van der Waals surface area contributed by atoms with E-state index in [9.17, 15) is 33.8 Å². The summed E-state index contributed by atoms with van der Waals surface area (Å²) in [6, 6.07) is 6.47. The Morgan fingerprint density at radius 1 is 0.988 bits per heavy atom. The highest BCUT2D eigenvalue weighted by molar-refractivity contribution is 6.03. The summed E-state index contributed by atoms with van der Waals surface area (Å²) in [5, 5.41) is 26.6. The number of aryl methyl sites for hydroxylation is 1. The van der Waals surface area contributed by atoms with Crippen LogP contribution < -0.4 is 20.5 Å². The van der Waals surface area contributed by atoms with Crippen LogP contribution in [0.3, 0.4) is 0 Å². The molecule has 4 saturated heterocycles. The van der Waals surface area contributed by atoms with Crippen LogP contribution >= 0.6 is 0 Å². The number of phenols is 1. The van der Waals surface area contributed by atoms with Gasteiger partial charge >= 0.3 is 18.1 Å². The number of aromatic nitrogens is 5. The number of rotatable bonds is 10. The molecular formula is C62H55F4N9O9. The molecule has 2 unspecified atom stereocenters. The molecule has 6 atom stereocenters. The van der Waals surface area contributed by atoms with Gasteiger partial charge in [-0.2, -0.15) is 9.97 Å². The number of nitrogens with zero attached hydrogens (tertiary/aromatic N) is 8. The number of piperazine rings is 1. The third-order valence-electron chi connectivity index (χ3n) is 18.7. The number of carbonyl (C=O) groups is 3. The summed E-state index contributed by atoms with van der Waals surface area (Å²) in [6.45, 7) is 8.09. The molecule has 14 rings (SSSR count). The molecule has 18 nitrogen and oxygen atoms in total. The average molecular weight is 1150 g/mol. The van der Waals surface area contributed by atoms with E-state index in [1.807, 2.05) is 4.90 Å². The van der Waals surface area contributed by atoms with Gasteiger partial charge in [0, 0.05) is 71.4 Å². The Kier molecular flexibility index (Phi) is 12.3. The molecule has 430 valence electrons. The molecule has 84 heavy (non-hydrogen) atoms. The first-order chi connectivity index (χ1) is 40.4. The number of aliphatic hydroxyl groups is 1. The minimum absolute atomic E-state index is 0.00755. The first kappa shape index (κ1) is 53.3. The van der Waals surface area contributed by atoms with Gasteiger partial charge < -0.3 is 44.1 Å². The number of anilines is 1. The van der Waals surface area contributed by atoms with Crippen LogP contribution in [0.15, 0.2) is 59.5 Å². The monoisotopic (exact) mass is 1150 g/mol. The van der Waals surface area contributed by atoms with Crippen LogP contribution in [-0.2, 0) is 44.2 Å². The fraction of sp³-hybridized carbons (Fsp3) is 0.387.